The number of aromatic nitrogens is 1. The average molecular weight is 222 g/mol. The largest absolute Gasteiger partial charge is 0.320 e. The number of hydrogen-bond donors (Lipinski definition) is 1. The summed E-state index contributed by atoms with van der Waals surface area (Å²) in [6.45, 7) is 0. The number of aromatic amines is 1. The molecule has 1 N–H and O–H groups in total. The Balaban J connectivity index is 3.39. The van der Waals surface area contributed by atoms with Gasteiger partial charge in [0.2, 0.25) is 0 Å². The van der Waals surface area contributed by atoms with Crippen molar-refractivity contribution < 1.29 is 13.6 Å². The van der Waals surface area contributed by atoms with Crippen LogP contribution in [0.5, 0.6) is 0 Å². The average Bonchev–Trinajstić information content (AvgIpc) is 2.16. The van der Waals surface area contributed by atoms with Gasteiger partial charge in [0.1, 0.15) is 0 Å². The third-order valence-electron chi connectivity index (χ3n) is 1.68. The Kier molecular flexibility index (Phi) is 3.35. The van der Waals surface area contributed by atoms with Gasteiger partial charge < -0.3 is 4.98 Å². The summed E-state index contributed by atoms with van der Waals surface area (Å²) < 4.78 is 24.4. The monoisotopic (exact) mass is 221 g/mol. The molecule has 1 aromatic heterocycles. The molecule has 1 aromatic rings. The van der Waals surface area contributed by atoms with E-state index < -0.39 is 17.7 Å². The van der Waals surface area contributed by atoms with Gasteiger partial charge in [-0.05, 0) is 11.6 Å². The number of rotatable bonds is 3. The Hall–Kier alpha value is -1.23. The van der Waals surface area contributed by atoms with E-state index in [1.807, 2.05) is 4.98 Å². The molecule has 1 rings (SSSR count). The van der Waals surface area contributed by atoms with Crippen LogP contribution in [-0.4, -0.2) is 11.3 Å². The van der Waals surface area contributed by atoms with Crippen molar-refractivity contribution in [2.75, 3.05) is 0 Å². The fraction of sp³-hybridized carbons (Fsp3) is 0.250. The molecule has 0 amide bonds. The zero-order chi connectivity index (χ0) is 10.7. The Morgan fingerprint density at radius 3 is 2.64 bits per heavy atom. The van der Waals surface area contributed by atoms with Gasteiger partial charge >= 0.3 is 0 Å². The van der Waals surface area contributed by atoms with E-state index in [1.54, 1.807) is 0 Å². The molecule has 1 heterocycles. The van der Waals surface area contributed by atoms with E-state index in [0.717, 1.165) is 6.07 Å². The fourth-order valence-corrected chi connectivity index (χ4v) is 1.22. The zero-order valence-corrected chi connectivity index (χ0v) is 7.65. The summed E-state index contributed by atoms with van der Waals surface area (Å²) >= 11 is 5.40. The minimum absolute atomic E-state index is 0.112. The second-order valence-corrected chi connectivity index (χ2v) is 2.81. The number of nitrogens with one attached hydrogen (secondary N) is 1. The van der Waals surface area contributed by atoms with Crippen LogP contribution >= 0.6 is 11.6 Å². The molecule has 6 heteroatoms. The third-order valence-corrected chi connectivity index (χ3v) is 1.96. The van der Waals surface area contributed by atoms with Crippen LogP contribution in [0.4, 0.5) is 8.78 Å². The van der Waals surface area contributed by atoms with Crippen LogP contribution in [0.1, 0.15) is 28.0 Å². The molecule has 0 spiro atoms. The number of pyridine rings is 1. The van der Waals surface area contributed by atoms with Crippen molar-refractivity contribution in [2.24, 2.45) is 0 Å². The first kappa shape index (κ1) is 10.8. The lowest BCUT2D eigenvalue weighted by molar-refractivity contribution is 0.112. The molecule has 0 bridgehead atoms. The Morgan fingerprint density at radius 2 is 2.21 bits per heavy atom. The molecule has 0 aliphatic heterocycles. The highest BCUT2D eigenvalue weighted by Gasteiger charge is 2.13. The van der Waals surface area contributed by atoms with Crippen LogP contribution in [0.15, 0.2) is 10.9 Å². The van der Waals surface area contributed by atoms with Crippen molar-refractivity contribution in [1.29, 1.82) is 0 Å². The van der Waals surface area contributed by atoms with Crippen molar-refractivity contribution in [3.63, 3.8) is 0 Å². The molecule has 0 aliphatic rings. The van der Waals surface area contributed by atoms with E-state index in [-0.39, 0.29) is 17.0 Å². The highest BCUT2D eigenvalue weighted by Crippen LogP contribution is 2.17. The van der Waals surface area contributed by atoms with E-state index in [1.165, 1.54) is 0 Å². The number of alkyl halides is 3. The number of H-pyrrole nitrogens is 1. The maximum Gasteiger partial charge on any atom is 0.278 e. The van der Waals surface area contributed by atoms with Crippen LogP contribution in [0.3, 0.4) is 0 Å². The molecule has 0 aliphatic carbocycles. The second kappa shape index (κ2) is 4.32. The molecule has 0 saturated carbocycles. The summed E-state index contributed by atoms with van der Waals surface area (Å²) in [5, 5.41) is 0. The quantitative estimate of drug-likeness (QED) is 0.626. The zero-order valence-electron chi connectivity index (χ0n) is 6.89. The van der Waals surface area contributed by atoms with Crippen LogP contribution in [0, 0.1) is 0 Å². The minimum atomic E-state index is -2.79. The summed E-state index contributed by atoms with van der Waals surface area (Å²) in [4.78, 5) is 23.4. The van der Waals surface area contributed by atoms with Gasteiger partial charge in [0, 0.05) is 5.88 Å². The van der Waals surface area contributed by atoms with Crippen LogP contribution in [0.2, 0.25) is 0 Å². The molecule has 0 atom stereocenters. The van der Waals surface area contributed by atoms with Crippen LogP contribution in [-0.2, 0) is 5.88 Å². The van der Waals surface area contributed by atoms with Crippen molar-refractivity contribution in [2.45, 2.75) is 12.3 Å². The molecule has 0 saturated heterocycles. The number of carbonyl (C=O) groups is 1. The highest BCUT2D eigenvalue weighted by atomic mass is 35.5. The topological polar surface area (TPSA) is 49.9 Å². The second-order valence-electron chi connectivity index (χ2n) is 2.54. The van der Waals surface area contributed by atoms with Crippen molar-refractivity contribution in [3.8, 4) is 0 Å². The molecule has 0 aromatic carbocycles. The Bertz CT molecular complexity index is 403. The maximum absolute atomic E-state index is 12.2. The van der Waals surface area contributed by atoms with Gasteiger partial charge in [-0.25, -0.2) is 8.78 Å². The van der Waals surface area contributed by atoms with Crippen molar-refractivity contribution >= 4 is 17.9 Å². The first-order valence-corrected chi connectivity index (χ1v) is 4.19. The molecule has 3 nitrogen and oxygen atoms in total. The van der Waals surface area contributed by atoms with Gasteiger partial charge in [-0.3, -0.25) is 9.59 Å². The number of hydrogen-bond acceptors (Lipinski definition) is 2. The lowest BCUT2D eigenvalue weighted by Gasteiger charge is -2.03. The molecular formula is C8H6ClF2NO2. The Morgan fingerprint density at radius 1 is 1.57 bits per heavy atom. The summed E-state index contributed by atoms with van der Waals surface area (Å²) in [6.07, 6.45) is -2.49. The maximum atomic E-state index is 12.2. The van der Waals surface area contributed by atoms with Crippen LogP contribution < -0.4 is 5.56 Å². The molecule has 0 fully saturated rings. The summed E-state index contributed by atoms with van der Waals surface area (Å²) in [7, 11) is 0. The normalized spacial score (nSPS) is 10.6. The van der Waals surface area contributed by atoms with Gasteiger partial charge in [-0.2, -0.15) is 0 Å². The standard InChI is InChI=1S/C8H6ClF2NO2/c9-2-4-1-6(7(10)11)12-8(14)5(4)3-13/h1,3,7H,2H2,(H,12,14). The van der Waals surface area contributed by atoms with Crippen LogP contribution in [0.25, 0.3) is 0 Å². The fourth-order valence-electron chi connectivity index (χ4n) is 1.00. The third kappa shape index (κ3) is 1.98. The van der Waals surface area contributed by atoms with Gasteiger partial charge in [0.25, 0.3) is 12.0 Å². The summed E-state index contributed by atoms with van der Waals surface area (Å²) in [5.74, 6) is -0.155. The molecule has 0 unspecified atom stereocenters. The predicted octanol–water partition coefficient (Wildman–Crippen LogP) is 1.86. The van der Waals surface area contributed by atoms with Gasteiger partial charge in [-0.1, -0.05) is 0 Å². The first-order valence-electron chi connectivity index (χ1n) is 3.65. The SMILES string of the molecule is O=Cc1c(CCl)cc(C(F)F)[nH]c1=O. The van der Waals surface area contributed by atoms with Crippen molar-refractivity contribution in [1.82, 2.24) is 4.98 Å². The molecule has 76 valence electrons. The number of aldehydes is 1. The molecular weight excluding hydrogens is 216 g/mol. The highest BCUT2D eigenvalue weighted by molar-refractivity contribution is 6.17. The lowest BCUT2D eigenvalue weighted by Crippen LogP contribution is -2.17. The first-order chi connectivity index (χ1) is 6.60. The van der Waals surface area contributed by atoms with Crippen molar-refractivity contribution in [3.05, 3.63) is 33.2 Å². The Labute approximate surface area is 82.7 Å². The summed E-state index contributed by atoms with van der Waals surface area (Å²) in [6, 6.07) is 1.02. The van der Waals surface area contributed by atoms with Gasteiger partial charge in [0.05, 0.1) is 11.3 Å². The van der Waals surface area contributed by atoms with Gasteiger partial charge in [-0.15, -0.1) is 11.6 Å². The molecule has 0 radical (unpaired) electrons. The van der Waals surface area contributed by atoms with Gasteiger partial charge in [0.15, 0.2) is 6.29 Å². The van der Waals surface area contributed by atoms with E-state index in [4.69, 9.17) is 11.6 Å². The molecule has 14 heavy (non-hydrogen) atoms. The van der Waals surface area contributed by atoms with E-state index in [0.29, 0.717) is 6.29 Å². The minimum Gasteiger partial charge on any atom is -0.320 e. The summed E-state index contributed by atoms with van der Waals surface area (Å²) in [5.41, 5.74) is -1.46. The number of halogens is 3. The van der Waals surface area contributed by atoms with E-state index in [9.17, 15) is 18.4 Å². The smallest absolute Gasteiger partial charge is 0.278 e. The predicted molar refractivity (Wildman–Crippen MR) is 47.0 cm³/mol. The van der Waals surface area contributed by atoms with E-state index in [2.05, 4.69) is 0 Å². The lowest BCUT2D eigenvalue weighted by atomic mass is 10.1. The van der Waals surface area contributed by atoms with E-state index >= 15 is 0 Å². The number of carbonyl (C=O) groups excluding carboxylic acids is 1.